The molecule has 2 aromatic rings. The van der Waals surface area contributed by atoms with Crippen LogP contribution in [0.5, 0.6) is 0 Å². The van der Waals surface area contributed by atoms with Crippen LogP contribution >= 0.6 is 0 Å². The number of para-hydroxylation sites is 2. The van der Waals surface area contributed by atoms with Gasteiger partial charge in [0.05, 0.1) is 16.9 Å². The van der Waals surface area contributed by atoms with E-state index in [1.54, 1.807) is 6.07 Å². The quantitative estimate of drug-likeness (QED) is 0.862. The number of pyridine rings is 1. The van der Waals surface area contributed by atoms with Gasteiger partial charge in [-0.15, -0.1) is 0 Å². The molecule has 96 valence electrons. The van der Waals surface area contributed by atoms with E-state index >= 15 is 0 Å². The molecule has 0 saturated heterocycles. The molecule has 1 aromatic heterocycles. The lowest BCUT2D eigenvalue weighted by atomic mass is 10.2. The second-order valence-corrected chi connectivity index (χ2v) is 4.30. The van der Waals surface area contributed by atoms with Gasteiger partial charge < -0.3 is 15.3 Å². The molecule has 1 aliphatic heterocycles. The number of benzene rings is 1. The van der Waals surface area contributed by atoms with Crippen molar-refractivity contribution in [2.75, 3.05) is 23.3 Å². The van der Waals surface area contributed by atoms with E-state index in [1.165, 1.54) is 12.3 Å². The van der Waals surface area contributed by atoms with Crippen molar-refractivity contribution in [3.8, 4) is 0 Å². The summed E-state index contributed by atoms with van der Waals surface area (Å²) in [6.07, 6.45) is 1.53. The molecular weight excluding hydrogens is 242 g/mol. The van der Waals surface area contributed by atoms with Crippen LogP contribution in [-0.4, -0.2) is 29.1 Å². The maximum Gasteiger partial charge on any atom is 0.335 e. The molecule has 2 N–H and O–H groups in total. The Kier molecular flexibility index (Phi) is 2.79. The van der Waals surface area contributed by atoms with Gasteiger partial charge in [0.25, 0.3) is 0 Å². The number of carbonyl (C=O) groups is 1. The van der Waals surface area contributed by atoms with Crippen molar-refractivity contribution in [3.63, 3.8) is 0 Å². The molecule has 0 atom stereocenters. The molecule has 5 heteroatoms. The number of hydrogen-bond donors (Lipinski definition) is 2. The number of aromatic carboxylic acids is 1. The second-order valence-electron chi connectivity index (χ2n) is 4.30. The van der Waals surface area contributed by atoms with Crippen molar-refractivity contribution in [2.45, 2.75) is 0 Å². The molecule has 0 radical (unpaired) electrons. The van der Waals surface area contributed by atoms with Crippen molar-refractivity contribution in [3.05, 3.63) is 48.2 Å². The summed E-state index contributed by atoms with van der Waals surface area (Å²) < 4.78 is 0. The standard InChI is InChI=1S/C14H13N3O2/c18-14(19)10-5-6-16-13(9-10)17-8-7-15-11-3-1-2-4-12(11)17/h1-6,9,15H,7-8H2,(H,18,19). The van der Waals surface area contributed by atoms with Gasteiger partial charge in [0.2, 0.25) is 0 Å². The lowest BCUT2D eigenvalue weighted by molar-refractivity contribution is 0.0697. The molecule has 19 heavy (non-hydrogen) atoms. The average Bonchev–Trinajstić information content (AvgIpc) is 2.47. The predicted octanol–water partition coefficient (Wildman–Crippen LogP) is 2.34. The summed E-state index contributed by atoms with van der Waals surface area (Å²) in [6.45, 7) is 1.56. The van der Waals surface area contributed by atoms with Gasteiger partial charge in [0.1, 0.15) is 5.82 Å². The SMILES string of the molecule is O=C(O)c1ccnc(N2CCNc3ccccc32)c1. The van der Waals surface area contributed by atoms with Crippen molar-refractivity contribution in [1.29, 1.82) is 0 Å². The molecule has 2 heterocycles. The lowest BCUT2D eigenvalue weighted by Crippen LogP contribution is -2.30. The van der Waals surface area contributed by atoms with Crippen molar-refractivity contribution in [2.24, 2.45) is 0 Å². The van der Waals surface area contributed by atoms with E-state index in [0.29, 0.717) is 5.82 Å². The van der Waals surface area contributed by atoms with Gasteiger partial charge in [-0.05, 0) is 24.3 Å². The zero-order valence-electron chi connectivity index (χ0n) is 10.2. The molecule has 0 amide bonds. The topological polar surface area (TPSA) is 65.5 Å². The first-order chi connectivity index (χ1) is 9.25. The minimum atomic E-state index is -0.938. The van der Waals surface area contributed by atoms with E-state index in [1.807, 2.05) is 29.2 Å². The minimum Gasteiger partial charge on any atom is -0.478 e. The molecule has 1 aromatic carbocycles. The molecule has 0 unspecified atom stereocenters. The molecule has 0 saturated carbocycles. The fourth-order valence-electron chi connectivity index (χ4n) is 2.22. The normalized spacial score (nSPS) is 13.6. The Hall–Kier alpha value is -2.56. The highest BCUT2D eigenvalue weighted by Crippen LogP contribution is 2.33. The number of carboxylic acid groups (broad SMARTS) is 1. The Morgan fingerprint density at radius 2 is 2.16 bits per heavy atom. The zero-order valence-corrected chi connectivity index (χ0v) is 10.2. The number of carboxylic acids is 1. The van der Waals surface area contributed by atoms with Crippen molar-refractivity contribution in [1.82, 2.24) is 4.98 Å². The molecule has 1 aliphatic rings. The number of hydrogen-bond acceptors (Lipinski definition) is 4. The number of anilines is 3. The maximum atomic E-state index is 11.0. The van der Waals surface area contributed by atoms with Gasteiger partial charge in [0.15, 0.2) is 0 Å². The summed E-state index contributed by atoms with van der Waals surface area (Å²) in [5, 5.41) is 12.4. The number of nitrogens with zero attached hydrogens (tertiary/aromatic N) is 2. The molecule has 0 spiro atoms. The van der Waals surface area contributed by atoms with Crippen molar-refractivity contribution < 1.29 is 9.90 Å². The van der Waals surface area contributed by atoms with Gasteiger partial charge in [0, 0.05) is 19.3 Å². The van der Waals surface area contributed by atoms with Crippen LogP contribution in [0.3, 0.4) is 0 Å². The largest absolute Gasteiger partial charge is 0.478 e. The first kappa shape index (κ1) is 11.5. The minimum absolute atomic E-state index is 0.251. The first-order valence-electron chi connectivity index (χ1n) is 6.05. The molecule has 3 rings (SSSR count). The van der Waals surface area contributed by atoms with E-state index in [-0.39, 0.29) is 5.56 Å². The fourth-order valence-corrected chi connectivity index (χ4v) is 2.22. The summed E-state index contributed by atoms with van der Waals surface area (Å²) in [5.74, 6) is -0.277. The summed E-state index contributed by atoms with van der Waals surface area (Å²) in [4.78, 5) is 17.3. The van der Waals surface area contributed by atoms with Crippen LogP contribution in [0, 0.1) is 0 Å². The Morgan fingerprint density at radius 3 is 3.00 bits per heavy atom. The van der Waals surface area contributed by atoms with Crippen molar-refractivity contribution >= 4 is 23.2 Å². The fraction of sp³-hybridized carbons (Fsp3) is 0.143. The molecule has 0 aliphatic carbocycles. The van der Waals surface area contributed by atoms with Crippen LogP contribution in [0.15, 0.2) is 42.6 Å². The highest BCUT2D eigenvalue weighted by molar-refractivity contribution is 5.89. The first-order valence-corrected chi connectivity index (χ1v) is 6.05. The van der Waals surface area contributed by atoms with Gasteiger partial charge in [-0.3, -0.25) is 0 Å². The third-order valence-electron chi connectivity index (χ3n) is 3.11. The molecule has 5 nitrogen and oxygen atoms in total. The van der Waals surface area contributed by atoms with Gasteiger partial charge in [-0.1, -0.05) is 12.1 Å². The van der Waals surface area contributed by atoms with E-state index in [4.69, 9.17) is 5.11 Å². The zero-order chi connectivity index (χ0) is 13.2. The summed E-state index contributed by atoms with van der Waals surface area (Å²) >= 11 is 0. The van der Waals surface area contributed by atoms with Crippen LogP contribution in [-0.2, 0) is 0 Å². The van der Waals surface area contributed by atoms with Crippen LogP contribution < -0.4 is 10.2 Å². The van der Waals surface area contributed by atoms with E-state index < -0.39 is 5.97 Å². The Labute approximate surface area is 110 Å². The highest BCUT2D eigenvalue weighted by atomic mass is 16.4. The number of fused-ring (bicyclic) bond motifs is 1. The monoisotopic (exact) mass is 255 g/mol. The van der Waals surface area contributed by atoms with E-state index in [2.05, 4.69) is 10.3 Å². The van der Waals surface area contributed by atoms with Crippen LogP contribution in [0.1, 0.15) is 10.4 Å². The number of nitrogens with one attached hydrogen (secondary N) is 1. The summed E-state index contributed by atoms with van der Waals surface area (Å²) in [5.41, 5.74) is 2.31. The number of aromatic nitrogens is 1. The highest BCUT2D eigenvalue weighted by Gasteiger charge is 2.19. The third kappa shape index (κ3) is 2.10. The number of rotatable bonds is 2. The Bertz CT molecular complexity index is 628. The third-order valence-corrected chi connectivity index (χ3v) is 3.11. The van der Waals surface area contributed by atoms with Gasteiger partial charge >= 0.3 is 5.97 Å². The lowest BCUT2D eigenvalue weighted by Gasteiger charge is -2.31. The van der Waals surface area contributed by atoms with Crippen LogP contribution in [0.4, 0.5) is 17.2 Å². The molecular formula is C14H13N3O2. The van der Waals surface area contributed by atoms with Gasteiger partial charge in [-0.2, -0.15) is 0 Å². The predicted molar refractivity (Wildman–Crippen MR) is 73.1 cm³/mol. The smallest absolute Gasteiger partial charge is 0.335 e. The molecule has 0 fully saturated rings. The maximum absolute atomic E-state index is 11.0. The van der Waals surface area contributed by atoms with Gasteiger partial charge in [-0.25, -0.2) is 9.78 Å². The van der Waals surface area contributed by atoms with E-state index in [0.717, 1.165) is 24.5 Å². The van der Waals surface area contributed by atoms with Crippen LogP contribution in [0.2, 0.25) is 0 Å². The average molecular weight is 255 g/mol. The second kappa shape index (κ2) is 4.61. The van der Waals surface area contributed by atoms with Crippen LogP contribution in [0.25, 0.3) is 0 Å². The Balaban J connectivity index is 2.04. The molecule has 0 bridgehead atoms. The summed E-state index contributed by atoms with van der Waals surface area (Å²) in [7, 11) is 0. The summed E-state index contributed by atoms with van der Waals surface area (Å²) in [6, 6.07) is 11.0. The van der Waals surface area contributed by atoms with E-state index in [9.17, 15) is 4.79 Å². The Morgan fingerprint density at radius 1 is 1.32 bits per heavy atom.